The molecule has 2 heterocycles. The normalized spacial score (nSPS) is 21.1. The molecule has 4 N–H and O–H groups in total. The first-order valence-corrected chi connectivity index (χ1v) is 11.5. The zero-order valence-corrected chi connectivity index (χ0v) is 19.2. The summed E-state index contributed by atoms with van der Waals surface area (Å²) in [6.45, 7) is 4.97. The zero-order valence-electron chi connectivity index (χ0n) is 18.5. The molecule has 1 aliphatic carbocycles. The number of aromatic nitrogens is 4. The van der Waals surface area contributed by atoms with E-state index in [2.05, 4.69) is 39.1 Å². The van der Waals surface area contributed by atoms with E-state index < -0.39 is 0 Å². The van der Waals surface area contributed by atoms with Gasteiger partial charge in [-0.1, -0.05) is 18.5 Å². The molecule has 1 saturated carbocycles. The second-order valence-electron chi connectivity index (χ2n) is 8.67. The molecule has 2 aromatic heterocycles. The highest BCUT2D eigenvalue weighted by Gasteiger charge is 2.24. The van der Waals surface area contributed by atoms with Gasteiger partial charge in [-0.05, 0) is 56.7 Å². The van der Waals surface area contributed by atoms with Gasteiger partial charge in [0.25, 0.3) is 0 Å². The molecule has 9 heteroatoms. The average Bonchev–Trinajstić information content (AvgIpc) is 3.07. The van der Waals surface area contributed by atoms with Crippen LogP contribution in [-0.4, -0.2) is 38.8 Å². The van der Waals surface area contributed by atoms with E-state index >= 15 is 0 Å². The topological polar surface area (TPSA) is 114 Å². The number of halogens is 1. The molecule has 0 amide bonds. The Labute approximate surface area is 193 Å². The molecule has 3 atom stereocenters. The number of anilines is 3. The summed E-state index contributed by atoms with van der Waals surface area (Å²) >= 11 is 6.25. The smallest absolute Gasteiger partial charge is 0.225 e. The maximum atomic E-state index is 8.84. The third-order valence-electron chi connectivity index (χ3n) is 5.88. The van der Waals surface area contributed by atoms with Crippen molar-refractivity contribution in [1.82, 2.24) is 25.5 Å². The van der Waals surface area contributed by atoms with Gasteiger partial charge in [-0.25, -0.2) is 4.98 Å². The van der Waals surface area contributed by atoms with E-state index in [9.17, 15) is 0 Å². The van der Waals surface area contributed by atoms with Crippen LogP contribution in [0.25, 0.3) is 10.9 Å². The predicted octanol–water partition coefficient (Wildman–Crippen LogP) is 4.92. The molecule has 4 rings (SSSR count). The fraction of sp³-hybridized carbons (Fsp3) is 0.478. The minimum absolute atomic E-state index is 0.240. The summed E-state index contributed by atoms with van der Waals surface area (Å²) in [5.74, 6) is 2.57. The molecule has 0 saturated heterocycles. The summed E-state index contributed by atoms with van der Waals surface area (Å²) in [4.78, 5) is 9.55. The SMILES string of the molecule is Cc1cc(Nc2nc(NC3CC(C)CCC(NCCC#N)C3)nc3cc(Cl)ccc23)n[nH]1. The Morgan fingerprint density at radius 3 is 2.84 bits per heavy atom. The van der Waals surface area contributed by atoms with Crippen LogP contribution in [0.1, 0.15) is 44.7 Å². The van der Waals surface area contributed by atoms with Crippen LogP contribution >= 0.6 is 11.6 Å². The molecule has 3 aromatic rings. The summed E-state index contributed by atoms with van der Waals surface area (Å²) in [6, 6.07) is 10.4. The third-order valence-corrected chi connectivity index (χ3v) is 6.11. The van der Waals surface area contributed by atoms with Gasteiger partial charge in [0.15, 0.2) is 5.82 Å². The number of nitriles is 1. The van der Waals surface area contributed by atoms with Gasteiger partial charge in [-0.3, -0.25) is 5.10 Å². The van der Waals surface area contributed by atoms with Crippen molar-refractivity contribution in [3.05, 3.63) is 35.0 Å². The van der Waals surface area contributed by atoms with Crippen LogP contribution in [0.15, 0.2) is 24.3 Å². The lowest BCUT2D eigenvalue weighted by molar-refractivity contribution is 0.449. The predicted molar refractivity (Wildman–Crippen MR) is 128 cm³/mol. The number of aryl methyl sites for hydroxylation is 1. The first kappa shape index (κ1) is 22.3. The maximum Gasteiger partial charge on any atom is 0.225 e. The molecule has 0 radical (unpaired) electrons. The highest BCUT2D eigenvalue weighted by molar-refractivity contribution is 6.31. The first-order valence-electron chi connectivity index (χ1n) is 11.1. The van der Waals surface area contributed by atoms with Crippen LogP contribution in [0, 0.1) is 24.2 Å². The number of nitrogens with one attached hydrogen (secondary N) is 4. The van der Waals surface area contributed by atoms with Crippen molar-refractivity contribution < 1.29 is 0 Å². The van der Waals surface area contributed by atoms with E-state index in [-0.39, 0.29) is 6.04 Å². The average molecular weight is 453 g/mol. The van der Waals surface area contributed by atoms with Crippen LogP contribution in [0.3, 0.4) is 0 Å². The van der Waals surface area contributed by atoms with E-state index in [1.165, 1.54) is 6.42 Å². The number of benzene rings is 1. The monoisotopic (exact) mass is 452 g/mol. The summed E-state index contributed by atoms with van der Waals surface area (Å²) in [5.41, 5.74) is 1.74. The first-order chi connectivity index (χ1) is 15.5. The number of hydrogen-bond donors (Lipinski definition) is 4. The fourth-order valence-corrected chi connectivity index (χ4v) is 4.50. The van der Waals surface area contributed by atoms with Gasteiger partial charge in [0.2, 0.25) is 5.95 Å². The Morgan fingerprint density at radius 2 is 2.06 bits per heavy atom. The molecule has 1 fully saturated rings. The van der Waals surface area contributed by atoms with Gasteiger partial charge in [0.1, 0.15) is 5.82 Å². The van der Waals surface area contributed by atoms with E-state index in [0.717, 1.165) is 42.4 Å². The minimum Gasteiger partial charge on any atom is -0.351 e. The summed E-state index contributed by atoms with van der Waals surface area (Å²) < 4.78 is 0. The summed E-state index contributed by atoms with van der Waals surface area (Å²) in [5, 5.41) is 28.0. The number of aromatic amines is 1. The summed E-state index contributed by atoms with van der Waals surface area (Å²) in [7, 11) is 0. The molecule has 168 valence electrons. The quantitative estimate of drug-likeness (QED) is 0.297. The molecule has 1 aliphatic rings. The van der Waals surface area contributed by atoms with Gasteiger partial charge in [-0.15, -0.1) is 0 Å². The lowest BCUT2D eigenvalue weighted by atomic mass is 10.0. The molecule has 0 spiro atoms. The Morgan fingerprint density at radius 1 is 1.19 bits per heavy atom. The standard InChI is InChI=1S/C23H29ClN8/c1-14-4-6-17(26-9-3-8-25)13-18(10-14)27-23-28-20-12-16(24)5-7-19(20)22(30-23)29-21-11-15(2)31-32-21/h5,7,11-12,14,17-18,26H,3-4,6,9-10,13H2,1-2H3,(H3,27,28,29,30,31,32). The lowest BCUT2D eigenvalue weighted by Crippen LogP contribution is -2.34. The van der Waals surface area contributed by atoms with E-state index in [1.54, 1.807) is 0 Å². The van der Waals surface area contributed by atoms with E-state index in [0.29, 0.717) is 41.0 Å². The molecule has 0 bridgehead atoms. The Balaban J connectivity index is 1.59. The van der Waals surface area contributed by atoms with Crippen molar-refractivity contribution in [2.24, 2.45) is 5.92 Å². The van der Waals surface area contributed by atoms with Crippen molar-refractivity contribution in [2.45, 2.75) is 58.0 Å². The molecular formula is C23H29ClN8. The van der Waals surface area contributed by atoms with Crippen LogP contribution < -0.4 is 16.0 Å². The number of H-pyrrole nitrogens is 1. The summed E-state index contributed by atoms with van der Waals surface area (Å²) in [6.07, 6.45) is 4.83. The van der Waals surface area contributed by atoms with Gasteiger partial charge in [0.05, 0.1) is 11.6 Å². The number of hydrogen-bond acceptors (Lipinski definition) is 7. The van der Waals surface area contributed by atoms with Crippen LogP contribution in [0.5, 0.6) is 0 Å². The number of rotatable bonds is 7. The van der Waals surface area contributed by atoms with Crippen molar-refractivity contribution in [3.63, 3.8) is 0 Å². The van der Waals surface area contributed by atoms with Gasteiger partial charge >= 0.3 is 0 Å². The highest BCUT2D eigenvalue weighted by Crippen LogP contribution is 2.29. The van der Waals surface area contributed by atoms with Crippen LogP contribution in [0.2, 0.25) is 5.02 Å². The lowest BCUT2D eigenvalue weighted by Gasteiger charge is -2.23. The van der Waals surface area contributed by atoms with Gasteiger partial charge in [0, 0.05) is 47.2 Å². The van der Waals surface area contributed by atoms with Crippen molar-refractivity contribution >= 4 is 40.1 Å². The molecule has 3 unspecified atom stereocenters. The third kappa shape index (κ3) is 5.67. The second kappa shape index (κ2) is 10.2. The van der Waals surface area contributed by atoms with Crippen molar-refractivity contribution in [1.29, 1.82) is 5.26 Å². The molecular weight excluding hydrogens is 424 g/mol. The number of fused-ring (bicyclic) bond motifs is 1. The van der Waals surface area contributed by atoms with Crippen molar-refractivity contribution in [3.8, 4) is 6.07 Å². The molecule has 1 aromatic carbocycles. The maximum absolute atomic E-state index is 8.84. The van der Waals surface area contributed by atoms with Crippen LogP contribution in [0.4, 0.5) is 17.6 Å². The molecule has 8 nitrogen and oxygen atoms in total. The van der Waals surface area contributed by atoms with Gasteiger partial charge < -0.3 is 16.0 Å². The molecule has 32 heavy (non-hydrogen) atoms. The fourth-order valence-electron chi connectivity index (χ4n) is 4.33. The highest BCUT2D eigenvalue weighted by atomic mass is 35.5. The minimum atomic E-state index is 0.240. The largest absolute Gasteiger partial charge is 0.351 e. The Kier molecular flexibility index (Phi) is 7.08. The van der Waals surface area contributed by atoms with E-state index in [4.69, 9.17) is 26.8 Å². The second-order valence-corrected chi connectivity index (χ2v) is 9.11. The Bertz CT molecular complexity index is 1110. The van der Waals surface area contributed by atoms with Crippen molar-refractivity contribution in [2.75, 3.05) is 17.2 Å². The Hall–Kier alpha value is -2.89. The van der Waals surface area contributed by atoms with Gasteiger partial charge in [-0.2, -0.15) is 15.3 Å². The van der Waals surface area contributed by atoms with E-state index in [1.807, 2.05) is 31.2 Å². The molecule has 0 aliphatic heterocycles. The van der Waals surface area contributed by atoms with Crippen LogP contribution in [-0.2, 0) is 0 Å². The number of nitrogens with zero attached hydrogens (tertiary/aromatic N) is 4. The zero-order chi connectivity index (χ0) is 22.5.